The molecule has 68 heavy (non-hydrogen) atoms. The average molecular weight is 920 g/mol. The van der Waals surface area contributed by atoms with Gasteiger partial charge < -0.3 is 34.7 Å². The third-order valence-electron chi connectivity index (χ3n) is 13.6. The van der Waals surface area contributed by atoms with Crippen LogP contribution in [0.4, 0.5) is 0 Å². The van der Waals surface area contributed by atoms with E-state index in [4.69, 9.17) is 9.47 Å². The number of nitrogens with one attached hydrogen (secondary N) is 1. The third kappa shape index (κ3) is 11.9. The highest BCUT2D eigenvalue weighted by Gasteiger charge is 2.42. The van der Waals surface area contributed by atoms with Gasteiger partial charge in [0.2, 0.25) is 11.2 Å². The number of aromatic nitrogens is 1. The fourth-order valence-electron chi connectivity index (χ4n) is 9.60. The van der Waals surface area contributed by atoms with Crippen molar-refractivity contribution in [3.63, 3.8) is 0 Å². The molecule has 2 saturated heterocycles. The Hall–Kier alpha value is -6.60. The molecular formula is C56H61N3O9. The summed E-state index contributed by atoms with van der Waals surface area (Å²) in [6.45, 7) is 3.86. The first kappa shape index (κ1) is 47.9. The summed E-state index contributed by atoms with van der Waals surface area (Å²) < 4.78 is 11.9. The van der Waals surface area contributed by atoms with Crippen LogP contribution in [0.25, 0.3) is 10.9 Å². The number of aromatic amines is 1. The van der Waals surface area contributed by atoms with Gasteiger partial charge in [0.25, 0.3) is 5.91 Å². The molecule has 0 spiro atoms. The number of phenolic OH excluding ortho intramolecular Hbond substituents is 1. The molecule has 12 nitrogen and oxygen atoms in total. The zero-order chi connectivity index (χ0) is 47.5. The van der Waals surface area contributed by atoms with E-state index in [-0.39, 0.29) is 53.6 Å². The number of benzene rings is 5. The van der Waals surface area contributed by atoms with E-state index in [9.17, 15) is 34.5 Å². The van der Waals surface area contributed by atoms with Crippen LogP contribution in [0.15, 0.2) is 138 Å². The van der Waals surface area contributed by atoms with E-state index in [1.165, 1.54) is 17.7 Å². The molecule has 3 heterocycles. The van der Waals surface area contributed by atoms with Crippen molar-refractivity contribution in [1.82, 2.24) is 14.8 Å². The Balaban J connectivity index is 0.765. The number of piperidine rings is 2. The highest BCUT2D eigenvalue weighted by Crippen LogP contribution is 2.35. The van der Waals surface area contributed by atoms with Gasteiger partial charge in [-0.15, -0.1) is 0 Å². The number of phenols is 1. The van der Waals surface area contributed by atoms with Gasteiger partial charge in [-0.05, 0) is 129 Å². The molecule has 12 heteroatoms. The number of pyridine rings is 1. The van der Waals surface area contributed by atoms with Crippen molar-refractivity contribution in [1.29, 1.82) is 0 Å². The van der Waals surface area contributed by atoms with Crippen LogP contribution in [-0.4, -0.2) is 87.2 Å². The van der Waals surface area contributed by atoms with Gasteiger partial charge in [-0.2, -0.15) is 0 Å². The average Bonchev–Trinajstić information content (AvgIpc) is 3.37. The first-order valence-electron chi connectivity index (χ1n) is 23.9. The number of unbranched alkanes of at least 4 members (excludes halogenated alkanes) is 1. The van der Waals surface area contributed by atoms with Crippen molar-refractivity contribution in [3.05, 3.63) is 177 Å². The Morgan fingerprint density at radius 1 is 0.735 bits per heavy atom. The van der Waals surface area contributed by atoms with E-state index in [1.807, 2.05) is 41.3 Å². The van der Waals surface area contributed by atoms with Crippen LogP contribution in [0.5, 0.6) is 11.5 Å². The number of fused-ring (bicyclic) bond motifs is 1. The fourth-order valence-corrected chi connectivity index (χ4v) is 9.60. The summed E-state index contributed by atoms with van der Waals surface area (Å²) >= 11 is 0. The molecule has 2 aliphatic rings. The standard InChI is InChI=1S/C56H61N3O9/c60-46(34-40-28-32-59(33-29-40)54(64)43-20-18-39(19-21-43)10-7-8-17-50(61)48-22-24-51(62)53-49(48)23-25-52(63)57-53)38-67-47-16-9-15-45(35-47)56(66,44-13-5-2-6-14-44)55(65)68-37-42-26-30-58(31-27-42)36-41-11-3-1-4-12-41/h1-6,9,11-16,18-25,35,40,42,50,61-62,66H,7-8,10,17,26-34,36-38H2,(H,57,63)/t50-,56-/m0/s1. The Labute approximate surface area is 397 Å². The maximum absolute atomic E-state index is 13.9. The molecule has 5 aromatic carbocycles. The van der Waals surface area contributed by atoms with Gasteiger partial charge in [0.15, 0.2) is 5.78 Å². The number of likely N-dealkylation sites (tertiary alicyclic amines) is 2. The Morgan fingerprint density at radius 2 is 1.43 bits per heavy atom. The summed E-state index contributed by atoms with van der Waals surface area (Å²) in [5, 5.41) is 33.9. The zero-order valence-corrected chi connectivity index (χ0v) is 38.4. The van der Waals surface area contributed by atoms with Gasteiger partial charge in [-0.1, -0.05) is 97.4 Å². The molecule has 0 bridgehead atoms. The molecule has 6 aromatic rings. The minimum absolute atomic E-state index is 0.0330. The molecular weight excluding hydrogens is 859 g/mol. The number of rotatable bonds is 19. The number of Topliss-reactive ketones (excluding diaryl/α,β-unsaturated/α-hetero) is 1. The van der Waals surface area contributed by atoms with Crippen molar-refractivity contribution in [3.8, 4) is 11.5 Å². The lowest BCUT2D eigenvalue weighted by atomic mass is 9.86. The second-order valence-corrected chi connectivity index (χ2v) is 18.4. The van der Waals surface area contributed by atoms with E-state index in [1.54, 1.807) is 60.7 Å². The number of hydrogen-bond donors (Lipinski definition) is 4. The van der Waals surface area contributed by atoms with Crippen LogP contribution in [0.2, 0.25) is 0 Å². The fraction of sp³-hybridized carbons (Fsp3) is 0.357. The van der Waals surface area contributed by atoms with Gasteiger partial charge in [0.05, 0.1) is 18.2 Å². The lowest BCUT2D eigenvalue weighted by Gasteiger charge is -2.33. The van der Waals surface area contributed by atoms with Gasteiger partial charge in [0.1, 0.15) is 18.1 Å². The van der Waals surface area contributed by atoms with E-state index in [0.717, 1.165) is 57.3 Å². The van der Waals surface area contributed by atoms with Crippen molar-refractivity contribution >= 4 is 28.6 Å². The number of carbonyl (C=O) groups is 3. The lowest BCUT2D eigenvalue weighted by Crippen LogP contribution is -2.40. The maximum Gasteiger partial charge on any atom is 0.347 e. The van der Waals surface area contributed by atoms with Gasteiger partial charge in [0, 0.05) is 48.6 Å². The first-order chi connectivity index (χ1) is 33.0. The smallest absolute Gasteiger partial charge is 0.347 e. The minimum Gasteiger partial charge on any atom is -0.506 e. The van der Waals surface area contributed by atoms with Crippen LogP contribution < -0.4 is 10.3 Å². The van der Waals surface area contributed by atoms with E-state index < -0.39 is 17.7 Å². The van der Waals surface area contributed by atoms with Crippen LogP contribution >= 0.6 is 0 Å². The summed E-state index contributed by atoms with van der Waals surface area (Å²) in [5.74, 6) is -0.229. The number of aromatic hydroxyl groups is 1. The Morgan fingerprint density at radius 3 is 2.16 bits per heavy atom. The maximum atomic E-state index is 13.9. The second-order valence-electron chi connectivity index (χ2n) is 18.4. The number of aryl methyl sites for hydroxylation is 1. The molecule has 2 atom stereocenters. The normalized spacial score (nSPS) is 16.2. The van der Waals surface area contributed by atoms with Crippen LogP contribution in [-0.2, 0) is 32.9 Å². The summed E-state index contributed by atoms with van der Waals surface area (Å²) in [6, 6.07) is 39.6. The van der Waals surface area contributed by atoms with Crippen molar-refractivity contribution in [2.24, 2.45) is 11.8 Å². The van der Waals surface area contributed by atoms with Crippen LogP contribution in [0.1, 0.15) is 95.6 Å². The number of H-pyrrole nitrogens is 1. The number of nitrogens with zero attached hydrogens (tertiary/aromatic N) is 2. The quantitative estimate of drug-likeness (QED) is 0.0459. The SMILES string of the molecule is O=C(COc1cccc([C@](O)(C(=O)OCC2CCN(Cc3ccccc3)CC2)c2ccccc2)c1)CC1CCN(C(=O)c2ccc(CCCC[C@H](O)c3ccc(O)c4[nH]c(=O)ccc34)cc2)CC1. The van der Waals surface area contributed by atoms with Crippen molar-refractivity contribution < 1.29 is 39.2 Å². The predicted molar refractivity (Wildman–Crippen MR) is 260 cm³/mol. The largest absolute Gasteiger partial charge is 0.506 e. The molecule has 354 valence electrons. The Bertz CT molecular complexity index is 2690. The minimum atomic E-state index is -2.09. The zero-order valence-electron chi connectivity index (χ0n) is 38.4. The number of esters is 1. The van der Waals surface area contributed by atoms with E-state index in [2.05, 4.69) is 34.1 Å². The predicted octanol–water partition coefficient (Wildman–Crippen LogP) is 8.26. The van der Waals surface area contributed by atoms with Gasteiger partial charge >= 0.3 is 5.97 Å². The lowest BCUT2D eigenvalue weighted by molar-refractivity contribution is -0.164. The third-order valence-corrected chi connectivity index (χ3v) is 13.6. The molecule has 1 amide bonds. The topological polar surface area (TPSA) is 170 Å². The Kier molecular flexibility index (Phi) is 15.8. The number of aliphatic hydroxyl groups is 2. The molecule has 2 aliphatic heterocycles. The van der Waals surface area contributed by atoms with Gasteiger partial charge in [-0.3, -0.25) is 19.3 Å². The van der Waals surface area contributed by atoms with Crippen molar-refractivity contribution in [2.75, 3.05) is 39.4 Å². The summed E-state index contributed by atoms with van der Waals surface area (Å²) in [5.41, 5.74) is 2.23. The van der Waals surface area contributed by atoms with E-state index >= 15 is 0 Å². The summed E-state index contributed by atoms with van der Waals surface area (Å²) in [7, 11) is 0. The van der Waals surface area contributed by atoms with Crippen LogP contribution in [0, 0.1) is 11.8 Å². The molecule has 1 aromatic heterocycles. The number of carbonyl (C=O) groups excluding carboxylic acids is 3. The molecule has 4 N–H and O–H groups in total. The molecule has 2 fully saturated rings. The summed E-state index contributed by atoms with van der Waals surface area (Å²) in [4.78, 5) is 59.2. The number of hydrogen-bond acceptors (Lipinski definition) is 10. The number of ketones is 1. The molecule has 0 saturated carbocycles. The highest BCUT2D eigenvalue weighted by molar-refractivity contribution is 5.94. The van der Waals surface area contributed by atoms with Crippen molar-refractivity contribution in [2.45, 2.75) is 76.0 Å². The molecule has 8 rings (SSSR count). The number of ether oxygens (including phenoxy) is 2. The van der Waals surface area contributed by atoms with E-state index in [0.29, 0.717) is 72.1 Å². The molecule has 0 radical (unpaired) electrons. The summed E-state index contributed by atoms with van der Waals surface area (Å²) in [6.07, 6.45) is 5.68. The molecule has 0 aliphatic carbocycles. The number of aliphatic hydroxyl groups excluding tert-OH is 1. The van der Waals surface area contributed by atoms with Gasteiger partial charge in [-0.25, -0.2) is 4.79 Å². The molecule has 0 unspecified atom stereocenters. The number of amides is 1. The second kappa shape index (κ2) is 22.5. The monoisotopic (exact) mass is 919 g/mol. The van der Waals surface area contributed by atoms with Crippen LogP contribution in [0.3, 0.4) is 0 Å². The first-order valence-corrected chi connectivity index (χ1v) is 23.9. The highest BCUT2D eigenvalue weighted by atomic mass is 16.5.